The lowest BCUT2D eigenvalue weighted by atomic mass is 10.0. The molecule has 0 aliphatic heterocycles. The number of hydrogen-bond donors (Lipinski definition) is 1. The molecule has 0 bridgehead atoms. The third-order valence-corrected chi connectivity index (χ3v) is 3.29. The van der Waals surface area contributed by atoms with Gasteiger partial charge >= 0.3 is 0 Å². The Bertz CT molecular complexity index is 317. The SMILES string of the molecule is CCC(C)n1ccc(CC(N)CCC(C)C)n1. The van der Waals surface area contributed by atoms with Crippen LogP contribution in [-0.4, -0.2) is 15.8 Å². The molecule has 0 aliphatic carbocycles. The van der Waals surface area contributed by atoms with Gasteiger partial charge in [-0.05, 0) is 38.2 Å². The van der Waals surface area contributed by atoms with Crippen LogP contribution in [-0.2, 0) is 6.42 Å². The average Bonchev–Trinajstić information content (AvgIpc) is 2.73. The predicted molar refractivity (Wildman–Crippen MR) is 73.0 cm³/mol. The summed E-state index contributed by atoms with van der Waals surface area (Å²) in [6, 6.07) is 2.83. The smallest absolute Gasteiger partial charge is 0.0640 e. The van der Waals surface area contributed by atoms with E-state index in [0.717, 1.165) is 30.9 Å². The number of hydrogen-bond acceptors (Lipinski definition) is 2. The molecule has 2 N–H and O–H groups in total. The van der Waals surface area contributed by atoms with Crippen molar-refractivity contribution in [3.05, 3.63) is 18.0 Å². The molecule has 1 aromatic heterocycles. The number of nitrogens with zero attached hydrogens (tertiary/aromatic N) is 2. The summed E-state index contributed by atoms with van der Waals surface area (Å²) in [6.07, 6.45) is 6.37. The van der Waals surface area contributed by atoms with Crippen molar-refractivity contribution in [2.24, 2.45) is 11.7 Å². The Labute approximate surface area is 105 Å². The van der Waals surface area contributed by atoms with Crippen LogP contribution in [0.25, 0.3) is 0 Å². The summed E-state index contributed by atoms with van der Waals surface area (Å²) >= 11 is 0. The van der Waals surface area contributed by atoms with Crippen molar-refractivity contribution in [3.63, 3.8) is 0 Å². The van der Waals surface area contributed by atoms with Crippen molar-refractivity contribution in [3.8, 4) is 0 Å². The summed E-state index contributed by atoms with van der Waals surface area (Å²) in [5, 5.41) is 4.58. The summed E-state index contributed by atoms with van der Waals surface area (Å²) in [4.78, 5) is 0. The first-order chi connectivity index (χ1) is 8.02. The Morgan fingerprint density at radius 3 is 2.59 bits per heavy atom. The van der Waals surface area contributed by atoms with E-state index in [1.807, 2.05) is 4.68 Å². The Balaban J connectivity index is 2.43. The Hall–Kier alpha value is -0.830. The highest BCUT2D eigenvalue weighted by molar-refractivity contribution is 5.01. The lowest BCUT2D eigenvalue weighted by molar-refractivity contribution is 0.463. The molecule has 0 aromatic carbocycles. The van der Waals surface area contributed by atoms with Crippen molar-refractivity contribution in [1.29, 1.82) is 0 Å². The van der Waals surface area contributed by atoms with Crippen molar-refractivity contribution >= 4 is 0 Å². The molecular weight excluding hydrogens is 210 g/mol. The molecule has 0 radical (unpaired) electrons. The molecule has 0 fully saturated rings. The molecule has 0 saturated heterocycles. The van der Waals surface area contributed by atoms with Gasteiger partial charge in [0.2, 0.25) is 0 Å². The summed E-state index contributed by atoms with van der Waals surface area (Å²) in [6.45, 7) is 8.85. The van der Waals surface area contributed by atoms with Gasteiger partial charge in [0.1, 0.15) is 0 Å². The van der Waals surface area contributed by atoms with E-state index in [9.17, 15) is 0 Å². The van der Waals surface area contributed by atoms with Gasteiger partial charge in [0, 0.05) is 24.7 Å². The quantitative estimate of drug-likeness (QED) is 0.791. The molecule has 1 heterocycles. The van der Waals surface area contributed by atoms with Gasteiger partial charge in [-0.1, -0.05) is 20.8 Å². The van der Waals surface area contributed by atoms with Crippen molar-refractivity contribution in [2.45, 2.75) is 65.5 Å². The van der Waals surface area contributed by atoms with Crippen molar-refractivity contribution in [1.82, 2.24) is 9.78 Å². The Morgan fingerprint density at radius 1 is 1.29 bits per heavy atom. The van der Waals surface area contributed by atoms with Crippen LogP contribution in [0, 0.1) is 5.92 Å². The number of rotatable bonds is 7. The van der Waals surface area contributed by atoms with Gasteiger partial charge in [0.05, 0.1) is 5.69 Å². The van der Waals surface area contributed by atoms with Crippen molar-refractivity contribution < 1.29 is 0 Å². The maximum Gasteiger partial charge on any atom is 0.0640 e. The fourth-order valence-electron chi connectivity index (χ4n) is 1.84. The van der Waals surface area contributed by atoms with Crippen molar-refractivity contribution in [2.75, 3.05) is 0 Å². The van der Waals surface area contributed by atoms with Crippen LogP contribution >= 0.6 is 0 Å². The molecule has 0 spiro atoms. The van der Waals surface area contributed by atoms with Crippen LogP contribution in [0.5, 0.6) is 0 Å². The maximum absolute atomic E-state index is 6.12. The highest BCUT2D eigenvalue weighted by Gasteiger charge is 2.09. The van der Waals surface area contributed by atoms with Gasteiger partial charge in [-0.2, -0.15) is 5.10 Å². The standard InChI is InChI=1S/C14H27N3/c1-5-12(4)17-9-8-14(16-17)10-13(15)7-6-11(2)3/h8-9,11-13H,5-7,10,15H2,1-4H3. The molecule has 2 atom stereocenters. The first-order valence-corrected chi connectivity index (χ1v) is 6.82. The third kappa shape index (κ3) is 4.90. The molecule has 1 aromatic rings. The first-order valence-electron chi connectivity index (χ1n) is 6.82. The number of nitrogens with two attached hydrogens (primary N) is 1. The van der Waals surface area contributed by atoms with Crippen LogP contribution in [0.2, 0.25) is 0 Å². The van der Waals surface area contributed by atoms with Gasteiger partial charge in [-0.3, -0.25) is 4.68 Å². The van der Waals surface area contributed by atoms with Gasteiger partial charge in [0.15, 0.2) is 0 Å². The normalized spacial score (nSPS) is 15.2. The largest absolute Gasteiger partial charge is 0.327 e. The van der Waals surface area contributed by atoms with E-state index in [1.54, 1.807) is 0 Å². The first kappa shape index (κ1) is 14.2. The fourth-order valence-corrected chi connectivity index (χ4v) is 1.84. The zero-order valence-electron chi connectivity index (χ0n) is 11.7. The molecule has 98 valence electrons. The van der Waals surface area contributed by atoms with E-state index >= 15 is 0 Å². The summed E-state index contributed by atoms with van der Waals surface area (Å²) < 4.78 is 2.05. The molecule has 3 heteroatoms. The van der Waals surface area contributed by atoms with Crippen LogP contribution in [0.3, 0.4) is 0 Å². The number of aromatic nitrogens is 2. The lowest BCUT2D eigenvalue weighted by Gasteiger charge is -2.12. The van der Waals surface area contributed by atoms with E-state index in [-0.39, 0.29) is 6.04 Å². The van der Waals surface area contributed by atoms with Gasteiger partial charge in [-0.25, -0.2) is 0 Å². The molecule has 17 heavy (non-hydrogen) atoms. The van der Waals surface area contributed by atoms with Gasteiger partial charge in [0.25, 0.3) is 0 Å². The van der Waals surface area contributed by atoms with E-state index in [4.69, 9.17) is 5.73 Å². The maximum atomic E-state index is 6.12. The molecule has 0 amide bonds. The summed E-state index contributed by atoms with van der Waals surface area (Å²) in [5.41, 5.74) is 7.25. The van der Waals surface area contributed by atoms with Crippen LogP contribution < -0.4 is 5.73 Å². The highest BCUT2D eigenvalue weighted by atomic mass is 15.3. The van der Waals surface area contributed by atoms with E-state index < -0.39 is 0 Å². The zero-order chi connectivity index (χ0) is 12.8. The second-order valence-electron chi connectivity index (χ2n) is 5.48. The molecular formula is C14H27N3. The molecule has 0 saturated carbocycles. The van der Waals surface area contributed by atoms with Crippen LogP contribution in [0.15, 0.2) is 12.3 Å². The second-order valence-corrected chi connectivity index (χ2v) is 5.48. The van der Waals surface area contributed by atoms with Crippen LogP contribution in [0.4, 0.5) is 0 Å². The molecule has 1 rings (SSSR count). The van der Waals surface area contributed by atoms with E-state index in [1.165, 1.54) is 6.42 Å². The second kappa shape index (κ2) is 6.80. The van der Waals surface area contributed by atoms with Crippen LogP contribution in [0.1, 0.15) is 58.7 Å². The minimum Gasteiger partial charge on any atom is -0.327 e. The third-order valence-electron chi connectivity index (χ3n) is 3.29. The molecule has 3 nitrogen and oxygen atoms in total. The Kier molecular flexibility index (Phi) is 5.69. The summed E-state index contributed by atoms with van der Waals surface area (Å²) in [5.74, 6) is 0.735. The predicted octanol–water partition coefficient (Wildman–Crippen LogP) is 3.16. The Morgan fingerprint density at radius 2 is 2.00 bits per heavy atom. The topological polar surface area (TPSA) is 43.8 Å². The minimum atomic E-state index is 0.248. The lowest BCUT2D eigenvalue weighted by Crippen LogP contribution is -2.23. The van der Waals surface area contributed by atoms with Gasteiger partial charge < -0.3 is 5.73 Å². The average molecular weight is 237 g/mol. The van der Waals surface area contributed by atoms with Gasteiger partial charge in [-0.15, -0.1) is 0 Å². The molecule has 2 unspecified atom stereocenters. The van der Waals surface area contributed by atoms with E-state index in [0.29, 0.717) is 6.04 Å². The summed E-state index contributed by atoms with van der Waals surface area (Å²) in [7, 11) is 0. The minimum absolute atomic E-state index is 0.248. The molecule has 0 aliphatic rings. The fraction of sp³-hybridized carbons (Fsp3) is 0.786. The zero-order valence-corrected chi connectivity index (χ0v) is 11.7. The highest BCUT2D eigenvalue weighted by Crippen LogP contribution is 2.12. The van der Waals surface area contributed by atoms with E-state index in [2.05, 4.69) is 45.1 Å². The monoisotopic (exact) mass is 237 g/mol.